The highest BCUT2D eigenvalue weighted by molar-refractivity contribution is 5.03. The Labute approximate surface area is 113 Å². The zero-order valence-corrected chi connectivity index (χ0v) is 12.5. The van der Waals surface area contributed by atoms with Crippen LogP contribution in [-0.2, 0) is 0 Å². The molecule has 1 heterocycles. The van der Waals surface area contributed by atoms with E-state index in [1.165, 1.54) is 51.4 Å². The predicted molar refractivity (Wildman–Crippen MR) is 77.6 cm³/mol. The van der Waals surface area contributed by atoms with Gasteiger partial charge in [-0.1, -0.05) is 46.5 Å². The zero-order chi connectivity index (χ0) is 12.8. The second-order valence-corrected chi connectivity index (χ2v) is 8.17. The van der Waals surface area contributed by atoms with E-state index < -0.39 is 0 Å². The molecule has 2 aliphatic carbocycles. The Hall–Kier alpha value is -0.0400. The predicted octanol–water partition coefficient (Wildman–Crippen LogP) is 4.37. The van der Waals surface area contributed by atoms with Gasteiger partial charge in [0.15, 0.2) is 0 Å². The molecule has 104 valence electrons. The van der Waals surface area contributed by atoms with E-state index in [0.29, 0.717) is 5.41 Å². The molecule has 2 saturated carbocycles. The van der Waals surface area contributed by atoms with Crippen molar-refractivity contribution < 1.29 is 0 Å². The number of rotatable bonds is 0. The van der Waals surface area contributed by atoms with E-state index in [0.717, 1.165) is 29.8 Å². The number of hydrogen-bond donors (Lipinski definition) is 1. The van der Waals surface area contributed by atoms with E-state index in [4.69, 9.17) is 0 Å². The van der Waals surface area contributed by atoms with Crippen LogP contribution in [0, 0.1) is 23.2 Å². The Morgan fingerprint density at radius 2 is 1.17 bits per heavy atom. The van der Waals surface area contributed by atoms with Gasteiger partial charge in [-0.05, 0) is 48.9 Å². The summed E-state index contributed by atoms with van der Waals surface area (Å²) in [4.78, 5) is 0. The molecule has 3 fully saturated rings. The fourth-order valence-corrected chi connectivity index (χ4v) is 5.47. The molecule has 1 nitrogen and oxygen atoms in total. The normalized spacial score (nSPS) is 45.2. The molecule has 1 heteroatoms. The molecular weight excluding hydrogens is 218 g/mol. The summed E-state index contributed by atoms with van der Waals surface area (Å²) in [5, 5.41) is 4.06. The standard InChI is InChI=1S/C17H31N/c1-17(2,3)16-12-8-4-6-10-14(12)18-15-11-7-5-9-13(15)16/h12-16,18H,4-11H2,1-3H3. The quantitative estimate of drug-likeness (QED) is 0.672. The van der Waals surface area contributed by atoms with Crippen molar-refractivity contribution in [2.45, 2.75) is 84.2 Å². The summed E-state index contributed by atoms with van der Waals surface area (Å²) in [5.41, 5.74) is 0.503. The highest BCUT2D eigenvalue weighted by Crippen LogP contribution is 2.51. The van der Waals surface area contributed by atoms with Crippen molar-refractivity contribution >= 4 is 0 Å². The molecule has 0 aromatic carbocycles. The highest BCUT2D eigenvalue weighted by Gasteiger charge is 2.49. The number of piperidine rings is 1. The average molecular weight is 249 g/mol. The van der Waals surface area contributed by atoms with Crippen LogP contribution in [0.15, 0.2) is 0 Å². The Bertz CT molecular complexity index is 268. The van der Waals surface area contributed by atoms with Crippen molar-refractivity contribution in [3.8, 4) is 0 Å². The van der Waals surface area contributed by atoms with Crippen LogP contribution in [0.25, 0.3) is 0 Å². The molecular formula is C17H31N. The van der Waals surface area contributed by atoms with Crippen molar-refractivity contribution in [1.82, 2.24) is 5.32 Å². The number of fused-ring (bicyclic) bond motifs is 2. The Balaban J connectivity index is 1.87. The Morgan fingerprint density at radius 3 is 1.61 bits per heavy atom. The molecule has 4 unspecified atom stereocenters. The van der Waals surface area contributed by atoms with Gasteiger partial charge >= 0.3 is 0 Å². The summed E-state index contributed by atoms with van der Waals surface area (Å²) in [6.45, 7) is 7.50. The smallest absolute Gasteiger partial charge is 0.0101 e. The van der Waals surface area contributed by atoms with Gasteiger partial charge < -0.3 is 5.32 Å². The van der Waals surface area contributed by atoms with Crippen LogP contribution in [0.2, 0.25) is 0 Å². The van der Waals surface area contributed by atoms with Crippen molar-refractivity contribution in [1.29, 1.82) is 0 Å². The van der Waals surface area contributed by atoms with Gasteiger partial charge in [0, 0.05) is 12.1 Å². The summed E-state index contributed by atoms with van der Waals surface area (Å²) in [6, 6.07) is 1.70. The minimum absolute atomic E-state index is 0.503. The monoisotopic (exact) mass is 249 g/mol. The van der Waals surface area contributed by atoms with E-state index in [9.17, 15) is 0 Å². The first kappa shape index (κ1) is 13.0. The maximum Gasteiger partial charge on any atom is 0.0101 e. The van der Waals surface area contributed by atoms with E-state index in [1.54, 1.807) is 0 Å². The highest BCUT2D eigenvalue weighted by atomic mass is 15.0. The molecule has 0 radical (unpaired) electrons. The first-order chi connectivity index (χ1) is 8.57. The van der Waals surface area contributed by atoms with Gasteiger partial charge in [0.2, 0.25) is 0 Å². The fourth-order valence-electron chi connectivity index (χ4n) is 5.47. The molecule has 0 amide bonds. The van der Waals surface area contributed by atoms with Gasteiger partial charge in [-0.25, -0.2) is 0 Å². The Kier molecular flexibility index (Phi) is 3.47. The SMILES string of the molecule is CC(C)(C)C1C2CCCCC2NC2CCCCC21. The van der Waals surface area contributed by atoms with Crippen LogP contribution >= 0.6 is 0 Å². The van der Waals surface area contributed by atoms with Gasteiger partial charge in [0.05, 0.1) is 0 Å². The summed E-state index contributed by atoms with van der Waals surface area (Å²) < 4.78 is 0. The molecule has 0 aromatic rings. The molecule has 3 rings (SSSR count). The number of nitrogens with one attached hydrogen (secondary N) is 1. The third-order valence-corrected chi connectivity index (χ3v) is 5.99. The first-order valence-corrected chi connectivity index (χ1v) is 8.33. The average Bonchev–Trinajstić information content (AvgIpc) is 2.34. The second kappa shape index (κ2) is 4.81. The van der Waals surface area contributed by atoms with E-state index in [2.05, 4.69) is 26.1 Å². The van der Waals surface area contributed by atoms with Crippen molar-refractivity contribution in [2.24, 2.45) is 23.2 Å². The van der Waals surface area contributed by atoms with E-state index in [1.807, 2.05) is 0 Å². The van der Waals surface area contributed by atoms with Crippen molar-refractivity contribution in [3.05, 3.63) is 0 Å². The van der Waals surface area contributed by atoms with Gasteiger partial charge in [-0.2, -0.15) is 0 Å². The van der Waals surface area contributed by atoms with E-state index in [-0.39, 0.29) is 0 Å². The van der Waals surface area contributed by atoms with Gasteiger partial charge in [-0.3, -0.25) is 0 Å². The number of hydrogen-bond acceptors (Lipinski definition) is 1. The van der Waals surface area contributed by atoms with Crippen LogP contribution in [0.4, 0.5) is 0 Å². The minimum Gasteiger partial charge on any atom is -0.311 e. The largest absolute Gasteiger partial charge is 0.311 e. The zero-order valence-electron chi connectivity index (χ0n) is 12.5. The van der Waals surface area contributed by atoms with E-state index >= 15 is 0 Å². The first-order valence-electron chi connectivity index (χ1n) is 8.33. The van der Waals surface area contributed by atoms with Crippen LogP contribution in [-0.4, -0.2) is 12.1 Å². The molecule has 18 heavy (non-hydrogen) atoms. The molecule has 1 aliphatic heterocycles. The maximum atomic E-state index is 4.06. The lowest BCUT2D eigenvalue weighted by atomic mass is 9.55. The van der Waals surface area contributed by atoms with Crippen molar-refractivity contribution in [2.75, 3.05) is 0 Å². The lowest BCUT2D eigenvalue weighted by Gasteiger charge is -2.56. The lowest BCUT2D eigenvalue weighted by molar-refractivity contribution is -0.0319. The third kappa shape index (κ3) is 2.24. The summed E-state index contributed by atoms with van der Waals surface area (Å²) in [6.07, 6.45) is 11.7. The summed E-state index contributed by atoms with van der Waals surface area (Å²) in [5.74, 6) is 2.91. The fraction of sp³-hybridized carbons (Fsp3) is 1.00. The van der Waals surface area contributed by atoms with Crippen LogP contribution in [0.1, 0.15) is 72.1 Å². The van der Waals surface area contributed by atoms with Gasteiger partial charge in [-0.15, -0.1) is 0 Å². The van der Waals surface area contributed by atoms with Crippen LogP contribution in [0.3, 0.4) is 0 Å². The molecule has 1 N–H and O–H groups in total. The molecule has 3 aliphatic rings. The maximum absolute atomic E-state index is 4.06. The van der Waals surface area contributed by atoms with Gasteiger partial charge in [0.25, 0.3) is 0 Å². The molecule has 0 spiro atoms. The summed E-state index contributed by atoms with van der Waals surface area (Å²) in [7, 11) is 0. The third-order valence-electron chi connectivity index (χ3n) is 5.99. The molecule has 0 bridgehead atoms. The van der Waals surface area contributed by atoms with Crippen LogP contribution < -0.4 is 5.32 Å². The lowest BCUT2D eigenvalue weighted by Crippen LogP contribution is -2.61. The molecule has 4 atom stereocenters. The topological polar surface area (TPSA) is 12.0 Å². The molecule has 0 aromatic heterocycles. The minimum atomic E-state index is 0.503. The second-order valence-electron chi connectivity index (χ2n) is 8.17. The molecule has 1 saturated heterocycles. The summed E-state index contributed by atoms with van der Waals surface area (Å²) >= 11 is 0. The van der Waals surface area contributed by atoms with Crippen molar-refractivity contribution in [3.63, 3.8) is 0 Å². The Morgan fingerprint density at radius 1 is 0.722 bits per heavy atom. The van der Waals surface area contributed by atoms with Crippen LogP contribution in [0.5, 0.6) is 0 Å². The van der Waals surface area contributed by atoms with Gasteiger partial charge in [0.1, 0.15) is 0 Å².